The minimum atomic E-state index is -0.178. The molecule has 2 rings (SSSR count). The van der Waals surface area contributed by atoms with Crippen LogP contribution >= 0.6 is 0 Å². The molecule has 0 N–H and O–H groups in total. The Morgan fingerprint density at radius 1 is 1.12 bits per heavy atom. The smallest absolute Gasteiger partial charge is 0.0944 e. The Bertz CT molecular complexity index is 1190. The zero-order valence-electron chi connectivity index (χ0n) is 22.0. The van der Waals surface area contributed by atoms with Crippen LogP contribution < -0.4 is 0 Å². The first-order valence-electron chi connectivity index (χ1n) is 12.0. The summed E-state index contributed by atoms with van der Waals surface area (Å²) in [6, 6.07) is 10.7. The van der Waals surface area contributed by atoms with Crippen LogP contribution in [0.15, 0.2) is 113 Å². The zero-order chi connectivity index (χ0) is 25.6. The molecule has 0 radical (unpaired) electrons. The molecule has 1 nitrogen and oxygen atoms in total. The molecule has 0 aromatic heterocycles. The molecule has 0 heterocycles. The lowest BCUT2D eigenvalue weighted by molar-refractivity contribution is 0.660. The number of nitriles is 1. The van der Waals surface area contributed by atoms with Crippen molar-refractivity contribution in [3.63, 3.8) is 0 Å². The quantitative estimate of drug-likeness (QED) is 0.286. The van der Waals surface area contributed by atoms with Gasteiger partial charge >= 0.3 is 0 Å². The summed E-state index contributed by atoms with van der Waals surface area (Å²) < 4.78 is 0. The van der Waals surface area contributed by atoms with Crippen LogP contribution in [-0.2, 0) is 5.41 Å². The van der Waals surface area contributed by atoms with Gasteiger partial charge in [0.15, 0.2) is 0 Å². The summed E-state index contributed by atoms with van der Waals surface area (Å²) in [5.74, 6) is 0.250. The standard InChI is InChI=1S/C33H39N/c1-11-12-15-24(5)26(7)30(28(25(6)22(2)3)19-18-23(4)21-34)20-32-27(8)29-16-13-14-17-31(29)33(32,9)10/h12-20,22H,5-6,8,11H2,1-4,7,9-10H3/b15-12-,23-18+,28-19+,30-26-,32-20+. The molecule has 1 aromatic carbocycles. The topological polar surface area (TPSA) is 23.8 Å². The maximum absolute atomic E-state index is 9.33. The second-order valence-corrected chi connectivity index (χ2v) is 9.80. The largest absolute Gasteiger partial charge is 0.193 e. The van der Waals surface area contributed by atoms with E-state index >= 15 is 0 Å². The van der Waals surface area contributed by atoms with E-state index in [1.165, 1.54) is 16.7 Å². The van der Waals surface area contributed by atoms with E-state index in [-0.39, 0.29) is 11.3 Å². The van der Waals surface area contributed by atoms with Gasteiger partial charge in [-0.05, 0) is 88.5 Å². The SMILES string of the molecule is C=C(/C=C\CC)/C(C)=C(/C=C1\C(=C)c2ccccc2C1(C)C)C(=C\C=C(/C)C#N)\C(=C)C(C)C. The Morgan fingerprint density at radius 2 is 1.76 bits per heavy atom. The monoisotopic (exact) mass is 449 g/mol. The number of fused-ring (bicyclic) bond motifs is 1. The van der Waals surface area contributed by atoms with Gasteiger partial charge in [0.1, 0.15) is 0 Å². The van der Waals surface area contributed by atoms with Crippen LogP contribution in [0.2, 0.25) is 0 Å². The summed E-state index contributed by atoms with van der Waals surface area (Å²) in [4.78, 5) is 0. The average molecular weight is 450 g/mol. The Balaban J connectivity index is 2.89. The Labute approximate surface area is 207 Å². The van der Waals surface area contributed by atoms with Crippen LogP contribution in [0.5, 0.6) is 0 Å². The van der Waals surface area contributed by atoms with Crippen molar-refractivity contribution >= 4 is 5.57 Å². The van der Waals surface area contributed by atoms with Gasteiger partial charge in [-0.2, -0.15) is 5.26 Å². The highest BCUT2D eigenvalue weighted by atomic mass is 14.4. The summed E-state index contributed by atoms with van der Waals surface area (Å²) in [6.45, 7) is 28.2. The van der Waals surface area contributed by atoms with Gasteiger partial charge in [0.2, 0.25) is 0 Å². The molecule has 0 unspecified atom stereocenters. The van der Waals surface area contributed by atoms with Crippen molar-refractivity contribution in [1.29, 1.82) is 5.26 Å². The second kappa shape index (κ2) is 11.2. The summed E-state index contributed by atoms with van der Waals surface area (Å²) in [7, 11) is 0. The highest BCUT2D eigenvalue weighted by Gasteiger charge is 2.37. The van der Waals surface area contributed by atoms with Crippen LogP contribution in [0.4, 0.5) is 0 Å². The fourth-order valence-corrected chi connectivity index (χ4v) is 4.24. The summed E-state index contributed by atoms with van der Waals surface area (Å²) in [6.07, 6.45) is 11.4. The Kier molecular flexibility index (Phi) is 8.83. The molecule has 34 heavy (non-hydrogen) atoms. The van der Waals surface area contributed by atoms with Gasteiger partial charge in [-0.1, -0.05) is 96.8 Å². The van der Waals surface area contributed by atoms with Gasteiger partial charge in [-0.3, -0.25) is 0 Å². The number of nitrogens with zero attached hydrogens (tertiary/aromatic N) is 1. The van der Waals surface area contributed by atoms with Crippen molar-refractivity contribution in [2.24, 2.45) is 5.92 Å². The lowest BCUT2D eigenvalue weighted by Gasteiger charge is -2.25. The van der Waals surface area contributed by atoms with E-state index in [4.69, 9.17) is 0 Å². The van der Waals surface area contributed by atoms with Gasteiger partial charge in [-0.25, -0.2) is 0 Å². The number of rotatable bonds is 8. The number of allylic oxidation sites excluding steroid dienone is 13. The van der Waals surface area contributed by atoms with E-state index in [0.29, 0.717) is 5.57 Å². The molecular weight excluding hydrogens is 410 g/mol. The molecule has 1 aromatic rings. The molecule has 0 saturated heterocycles. The molecule has 0 saturated carbocycles. The highest BCUT2D eigenvalue weighted by Crippen LogP contribution is 2.50. The first kappa shape index (κ1) is 26.9. The van der Waals surface area contributed by atoms with Crippen LogP contribution in [0.3, 0.4) is 0 Å². The van der Waals surface area contributed by atoms with Crippen LogP contribution in [0.1, 0.15) is 66.0 Å². The lowest BCUT2D eigenvalue weighted by Crippen LogP contribution is -2.16. The van der Waals surface area contributed by atoms with Crippen LogP contribution in [0, 0.1) is 17.2 Å². The molecule has 0 fully saturated rings. The van der Waals surface area contributed by atoms with E-state index in [1.807, 2.05) is 19.1 Å². The van der Waals surface area contributed by atoms with Crippen LogP contribution in [-0.4, -0.2) is 0 Å². The van der Waals surface area contributed by atoms with Crippen molar-refractivity contribution in [3.05, 3.63) is 125 Å². The molecule has 1 aliphatic rings. The second-order valence-electron chi connectivity index (χ2n) is 9.80. The first-order chi connectivity index (χ1) is 16.0. The molecule has 0 amide bonds. The number of hydrogen-bond acceptors (Lipinski definition) is 1. The van der Waals surface area contributed by atoms with Crippen molar-refractivity contribution < 1.29 is 0 Å². The molecule has 1 aliphatic carbocycles. The van der Waals surface area contributed by atoms with Gasteiger partial charge in [0.25, 0.3) is 0 Å². The van der Waals surface area contributed by atoms with Crippen molar-refractivity contribution in [1.82, 2.24) is 0 Å². The highest BCUT2D eigenvalue weighted by molar-refractivity contribution is 5.89. The van der Waals surface area contributed by atoms with E-state index in [0.717, 1.165) is 39.9 Å². The summed E-state index contributed by atoms with van der Waals surface area (Å²) in [5.41, 5.74) is 10.4. The minimum absolute atomic E-state index is 0.178. The molecule has 0 aliphatic heterocycles. The van der Waals surface area contributed by atoms with Crippen molar-refractivity contribution in [2.75, 3.05) is 0 Å². The molecule has 0 atom stereocenters. The molecule has 0 bridgehead atoms. The predicted molar refractivity (Wildman–Crippen MR) is 149 cm³/mol. The third-order valence-electron chi connectivity index (χ3n) is 6.66. The normalized spacial score (nSPS) is 17.7. The van der Waals surface area contributed by atoms with Gasteiger partial charge in [0.05, 0.1) is 6.07 Å². The maximum atomic E-state index is 9.33. The van der Waals surface area contributed by atoms with E-state index in [1.54, 1.807) is 0 Å². The summed E-state index contributed by atoms with van der Waals surface area (Å²) in [5, 5.41) is 9.33. The predicted octanol–water partition coefficient (Wildman–Crippen LogP) is 9.36. The number of hydrogen-bond donors (Lipinski definition) is 0. The van der Waals surface area contributed by atoms with Crippen LogP contribution in [0.25, 0.3) is 5.57 Å². The minimum Gasteiger partial charge on any atom is -0.193 e. The van der Waals surface area contributed by atoms with Crippen molar-refractivity contribution in [3.8, 4) is 6.07 Å². The van der Waals surface area contributed by atoms with E-state index < -0.39 is 0 Å². The molecule has 1 heteroatoms. The molecular formula is C33H39N. The molecule has 0 spiro atoms. The first-order valence-corrected chi connectivity index (χ1v) is 12.0. The average Bonchev–Trinajstić information content (AvgIpc) is 3.01. The molecule has 176 valence electrons. The Morgan fingerprint density at radius 3 is 2.32 bits per heavy atom. The van der Waals surface area contributed by atoms with E-state index in [2.05, 4.69) is 110 Å². The van der Waals surface area contributed by atoms with Crippen molar-refractivity contribution in [2.45, 2.75) is 60.3 Å². The van der Waals surface area contributed by atoms with Gasteiger partial charge in [-0.15, -0.1) is 0 Å². The Hall–Kier alpha value is -3.37. The maximum Gasteiger partial charge on any atom is 0.0944 e. The fraction of sp³-hybridized carbons (Fsp3) is 0.303. The number of benzene rings is 1. The third-order valence-corrected chi connectivity index (χ3v) is 6.66. The van der Waals surface area contributed by atoms with Gasteiger partial charge in [0, 0.05) is 11.0 Å². The third kappa shape index (κ3) is 5.57. The lowest BCUT2D eigenvalue weighted by atomic mass is 9.79. The summed E-state index contributed by atoms with van der Waals surface area (Å²) >= 11 is 0. The van der Waals surface area contributed by atoms with Gasteiger partial charge < -0.3 is 0 Å². The van der Waals surface area contributed by atoms with E-state index in [9.17, 15) is 5.26 Å². The fourth-order valence-electron chi connectivity index (χ4n) is 4.24. The zero-order valence-corrected chi connectivity index (χ0v) is 22.0.